The van der Waals surface area contributed by atoms with Crippen molar-refractivity contribution < 1.29 is 14.7 Å². The van der Waals surface area contributed by atoms with Crippen molar-refractivity contribution in [3.8, 4) is 0 Å². The summed E-state index contributed by atoms with van der Waals surface area (Å²) in [5.74, 6) is -1.04. The number of likely N-dealkylation sites (tertiary alicyclic amines) is 1. The number of carboxylic acids is 1. The highest BCUT2D eigenvalue weighted by Gasteiger charge is 2.34. The Hall–Kier alpha value is -1.32. The maximum Gasteiger partial charge on any atom is 0.326 e. The number of hydrogen-bond donors (Lipinski definition) is 1. The minimum Gasteiger partial charge on any atom is -0.480 e. The molecule has 1 rings (SSSR count). The molecule has 0 bridgehead atoms. The average Bonchev–Trinajstić information content (AvgIpc) is 2.63. The SMILES string of the molecule is CC(C)=C(C)C(=O)N1CCC[C@H]1C(=O)O. The average molecular weight is 211 g/mol. The molecule has 0 spiro atoms. The summed E-state index contributed by atoms with van der Waals surface area (Å²) < 4.78 is 0. The Bertz CT molecular complexity index is 316. The highest BCUT2D eigenvalue weighted by Crippen LogP contribution is 2.20. The zero-order valence-corrected chi connectivity index (χ0v) is 9.41. The van der Waals surface area contributed by atoms with Gasteiger partial charge in [-0.3, -0.25) is 4.79 Å². The van der Waals surface area contributed by atoms with Crippen LogP contribution >= 0.6 is 0 Å². The summed E-state index contributed by atoms with van der Waals surface area (Å²) >= 11 is 0. The minimum absolute atomic E-state index is 0.139. The molecule has 84 valence electrons. The van der Waals surface area contributed by atoms with Crippen LogP contribution in [0.2, 0.25) is 0 Å². The summed E-state index contributed by atoms with van der Waals surface area (Å²) in [7, 11) is 0. The Kier molecular flexibility index (Phi) is 3.50. The molecule has 1 atom stereocenters. The Balaban J connectivity index is 2.84. The van der Waals surface area contributed by atoms with E-state index in [1.807, 2.05) is 13.8 Å². The first-order valence-electron chi connectivity index (χ1n) is 5.13. The minimum atomic E-state index is -0.901. The highest BCUT2D eigenvalue weighted by molar-refractivity contribution is 5.96. The van der Waals surface area contributed by atoms with E-state index < -0.39 is 12.0 Å². The predicted octanol–water partition coefficient (Wildman–Crippen LogP) is 1.42. The maximum absolute atomic E-state index is 11.9. The van der Waals surface area contributed by atoms with E-state index >= 15 is 0 Å². The molecule has 1 aliphatic rings. The van der Waals surface area contributed by atoms with Crippen LogP contribution in [0.25, 0.3) is 0 Å². The molecule has 1 saturated heterocycles. The van der Waals surface area contributed by atoms with Gasteiger partial charge in [0.1, 0.15) is 6.04 Å². The molecule has 1 heterocycles. The van der Waals surface area contributed by atoms with Crippen LogP contribution < -0.4 is 0 Å². The van der Waals surface area contributed by atoms with Crippen molar-refractivity contribution in [3.63, 3.8) is 0 Å². The second-order valence-corrected chi connectivity index (χ2v) is 4.12. The van der Waals surface area contributed by atoms with Gasteiger partial charge in [0, 0.05) is 12.1 Å². The molecule has 4 heteroatoms. The second-order valence-electron chi connectivity index (χ2n) is 4.12. The van der Waals surface area contributed by atoms with E-state index in [1.165, 1.54) is 4.90 Å². The van der Waals surface area contributed by atoms with Gasteiger partial charge in [-0.2, -0.15) is 0 Å². The fraction of sp³-hybridized carbons (Fsp3) is 0.636. The summed E-state index contributed by atoms with van der Waals surface area (Å²) in [5, 5.41) is 8.94. The van der Waals surface area contributed by atoms with Crippen LogP contribution in [0.5, 0.6) is 0 Å². The van der Waals surface area contributed by atoms with Crippen LogP contribution in [0.15, 0.2) is 11.1 Å². The largest absolute Gasteiger partial charge is 0.480 e. The van der Waals surface area contributed by atoms with Gasteiger partial charge in [0.15, 0.2) is 0 Å². The quantitative estimate of drug-likeness (QED) is 0.703. The van der Waals surface area contributed by atoms with Crippen molar-refractivity contribution in [2.75, 3.05) is 6.54 Å². The lowest BCUT2D eigenvalue weighted by molar-refractivity contribution is -0.146. The Labute approximate surface area is 89.6 Å². The first-order chi connectivity index (χ1) is 6.95. The number of carboxylic acid groups (broad SMARTS) is 1. The van der Waals surface area contributed by atoms with E-state index in [0.717, 1.165) is 12.0 Å². The van der Waals surface area contributed by atoms with Crippen molar-refractivity contribution in [2.24, 2.45) is 0 Å². The van der Waals surface area contributed by atoms with Crippen molar-refractivity contribution in [3.05, 3.63) is 11.1 Å². The van der Waals surface area contributed by atoms with Gasteiger partial charge in [0.25, 0.3) is 0 Å². The van der Waals surface area contributed by atoms with E-state index in [1.54, 1.807) is 6.92 Å². The lowest BCUT2D eigenvalue weighted by Crippen LogP contribution is -2.40. The first-order valence-corrected chi connectivity index (χ1v) is 5.13. The van der Waals surface area contributed by atoms with Gasteiger partial charge in [-0.05, 0) is 33.6 Å². The summed E-state index contributed by atoms with van der Waals surface area (Å²) in [6.45, 7) is 6.02. The van der Waals surface area contributed by atoms with E-state index in [2.05, 4.69) is 0 Å². The van der Waals surface area contributed by atoms with Gasteiger partial charge in [0.2, 0.25) is 5.91 Å². The number of aliphatic carboxylic acids is 1. The Morgan fingerprint density at radius 1 is 1.27 bits per heavy atom. The third kappa shape index (κ3) is 2.37. The normalized spacial score (nSPS) is 20.2. The van der Waals surface area contributed by atoms with Crippen molar-refractivity contribution in [2.45, 2.75) is 39.7 Å². The van der Waals surface area contributed by atoms with Gasteiger partial charge in [-0.1, -0.05) is 5.57 Å². The summed E-state index contributed by atoms with van der Waals surface area (Å²) in [6, 6.07) is -0.633. The lowest BCUT2D eigenvalue weighted by atomic mass is 10.1. The molecule has 15 heavy (non-hydrogen) atoms. The fourth-order valence-electron chi connectivity index (χ4n) is 1.70. The molecule has 0 aromatic heterocycles. The Morgan fingerprint density at radius 3 is 2.33 bits per heavy atom. The number of amides is 1. The number of carbonyl (C=O) groups excluding carboxylic acids is 1. The highest BCUT2D eigenvalue weighted by atomic mass is 16.4. The monoisotopic (exact) mass is 211 g/mol. The van der Waals surface area contributed by atoms with Crippen LogP contribution in [0.1, 0.15) is 33.6 Å². The van der Waals surface area contributed by atoms with Crippen LogP contribution in [-0.4, -0.2) is 34.5 Å². The van der Waals surface area contributed by atoms with Crippen LogP contribution in [0, 0.1) is 0 Å². The number of hydrogen-bond acceptors (Lipinski definition) is 2. The smallest absolute Gasteiger partial charge is 0.326 e. The molecule has 1 amide bonds. The van der Waals surface area contributed by atoms with E-state index in [-0.39, 0.29) is 5.91 Å². The number of carbonyl (C=O) groups is 2. The predicted molar refractivity (Wildman–Crippen MR) is 56.4 cm³/mol. The lowest BCUT2D eigenvalue weighted by Gasteiger charge is -2.22. The second kappa shape index (κ2) is 4.47. The van der Waals surface area contributed by atoms with E-state index in [0.29, 0.717) is 18.5 Å². The van der Waals surface area contributed by atoms with Crippen LogP contribution in [0.4, 0.5) is 0 Å². The molecule has 0 aromatic rings. The van der Waals surface area contributed by atoms with Crippen LogP contribution in [-0.2, 0) is 9.59 Å². The fourth-order valence-corrected chi connectivity index (χ4v) is 1.70. The summed E-state index contributed by atoms with van der Waals surface area (Å²) in [5.41, 5.74) is 1.60. The maximum atomic E-state index is 11.9. The molecule has 0 unspecified atom stereocenters. The van der Waals surface area contributed by atoms with Gasteiger partial charge in [0.05, 0.1) is 0 Å². The van der Waals surface area contributed by atoms with E-state index in [4.69, 9.17) is 5.11 Å². The van der Waals surface area contributed by atoms with E-state index in [9.17, 15) is 9.59 Å². The summed E-state index contributed by atoms with van der Waals surface area (Å²) in [6.07, 6.45) is 1.34. The topological polar surface area (TPSA) is 57.6 Å². The molecule has 0 saturated carbocycles. The Morgan fingerprint density at radius 2 is 1.87 bits per heavy atom. The van der Waals surface area contributed by atoms with Crippen molar-refractivity contribution in [1.82, 2.24) is 4.90 Å². The molecule has 1 N–H and O–H groups in total. The van der Waals surface area contributed by atoms with Gasteiger partial charge in [-0.15, -0.1) is 0 Å². The molecule has 0 radical (unpaired) electrons. The first kappa shape index (κ1) is 11.8. The molecule has 1 fully saturated rings. The third-order valence-electron chi connectivity index (χ3n) is 2.87. The molecule has 4 nitrogen and oxygen atoms in total. The standard InChI is InChI=1S/C11H17NO3/c1-7(2)8(3)10(13)12-6-4-5-9(12)11(14)15/h9H,4-6H2,1-3H3,(H,14,15)/t9-/m0/s1. The zero-order valence-electron chi connectivity index (χ0n) is 9.41. The number of nitrogens with zero attached hydrogens (tertiary/aromatic N) is 1. The third-order valence-corrected chi connectivity index (χ3v) is 2.87. The molecule has 1 aliphatic heterocycles. The molecular weight excluding hydrogens is 194 g/mol. The van der Waals surface area contributed by atoms with Crippen LogP contribution in [0.3, 0.4) is 0 Å². The summed E-state index contributed by atoms with van der Waals surface area (Å²) in [4.78, 5) is 24.3. The van der Waals surface area contributed by atoms with Crippen molar-refractivity contribution in [1.29, 1.82) is 0 Å². The van der Waals surface area contributed by atoms with Crippen molar-refractivity contribution >= 4 is 11.9 Å². The number of allylic oxidation sites excluding steroid dienone is 1. The molecule has 0 aromatic carbocycles. The zero-order chi connectivity index (χ0) is 11.6. The molecule has 0 aliphatic carbocycles. The van der Waals surface area contributed by atoms with Gasteiger partial charge in [-0.25, -0.2) is 4.79 Å². The molecular formula is C11H17NO3. The number of rotatable bonds is 2. The van der Waals surface area contributed by atoms with Gasteiger partial charge >= 0.3 is 5.97 Å². The van der Waals surface area contributed by atoms with Gasteiger partial charge < -0.3 is 10.0 Å².